The van der Waals surface area contributed by atoms with Crippen molar-refractivity contribution in [1.29, 1.82) is 0 Å². The molecule has 0 aliphatic carbocycles. The van der Waals surface area contributed by atoms with Crippen LogP contribution in [0.2, 0.25) is 0 Å². The van der Waals surface area contributed by atoms with Gasteiger partial charge in [-0.15, -0.1) is 9.77 Å². The molecule has 16 heteroatoms. The first kappa shape index (κ1) is 27.2. The number of rotatable bonds is 8. The topological polar surface area (TPSA) is 66.7 Å². The monoisotopic (exact) mass is 496 g/mol. The first-order valence-electron chi connectivity index (χ1n) is 8.49. The van der Waals surface area contributed by atoms with Crippen LogP contribution in [0.5, 0.6) is 0 Å². The van der Waals surface area contributed by atoms with E-state index < -0.39 is 16.2 Å². The quantitative estimate of drug-likeness (QED) is 0.234. The summed E-state index contributed by atoms with van der Waals surface area (Å²) in [5.41, 5.74) is 0.835. The Morgan fingerprint density at radius 2 is 1.48 bits per heavy atom. The number of aromatic nitrogens is 3. The van der Waals surface area contributed by atoms with E-state index in [4.69, 9.17) is 4.84 Å². The van der Waals surface area contributed by atoms with Crippen molar-refractivity contribution in [2.75, 3.05) is 42.0 Å². The zero-order chi connectivity index (χ0) is 24.1. The van der Waals surface area contributed by atoms with Gasteiger partial charge >= 0.3 is 33.0 Å². The van der Waals surface area contributed by atoms with Gasteiger partial charge in [-0.05, 0) is 5.21 Å². The Morgan fingerprint density at radius 3 is 1.94 bits per heavy atom. The standard InChI is InChI=1S/C15H23N6O2P.F6P/c1-18(2)24(19(3)4)20(5)12-23-21-11-14(16-17-21)15(22)13-9-7-6-8-10-13;1-7(2,3,4,5)6/h6-11H,12H2,1-5H3;/q;-1/p+1. The molecule has 0 atom stereocenters. The molecule has 2 rings (SSSR count). The van der Waals surface area contributed by atoms with Crippen LogP contribution in [-0.4, -0.2) is 76.9 Å². The molecule has 2 aromatic rings. The Kier molecular flexibility index (Phi) is 8.18. The van der Waals surface area contributed by atoms with Gasteiger partial charge in [0.1, 0.15) is 0 Å². The van der Waals surface area contributed by atoms with Gasteiger partial charge in [0.25, 0.3) is 0 Å². The van der Waals surface area contributed by atoms with E-state index in [1.165, 1.54) is 11.0 Å². The number of nitrogens with zero attached hydrogens (tertiary/aromatic N) is 6. The van der Waals surface area contributed by atoms with Crippen molar-refractivity contribution in [3.8, 4) is 0 Å². The minimum atomic E-state index is -10.7. The zero-order valence-corrected chi connectivity index (χ0v) is 19.3. The molecular weight excluding hydrogens is 472 g/mol. The fourth-order valence-electron chi connectivity index (χ4n) is 2.44. The van der Waals surface area contributed by atoms with Crippen LogP contribution in [0.25, 0.3) is 0 Å². The van der Waals surface area contributed by atoms with Gasteiger partial charge in [-0.25, -0.2) is 0 Å². The molecule has 1 aromatic heterocycles. The molecule has 0 bridgehead atoms. The summed E-state index contributed by atoms with van der Waals surface area (Å²) in [6.07, 6.45) is 1.50. The second-order valence-corrected chi connectivity index (χ2v) is 11.8. The molecule has 1 aromatic carbocycles. The van der Waals surface area contributed by atoms with E-state index in [9.17, 15) is 30.0 Å². The maximum atomic E-state index is 12.3. The molecule has 0 saturated carbocycles. The average Bonchev–Trinajstić information content (AvgIpc) is 3.05. The van der Waals surface area contributed by atoms with E-state index in [0.29, 0.717) is 12.3 Å². The molecule has 178 valence electrons. The van der Waals surface area contributed by atoms with Crippen molar-refractivity contribution in [3.05, 3.63) is 47.8 Å². The second-order valence-electron chi connectivity index (χ2n) is 6.70. The summed E-state index contributed by atoms with van der Waals surface area (Å²) in [6, 6.07) is 8.99. The zero-order valence-electron chi connectivity index (χ0n) is 17.4. The Labute approximate surface area is 176 Å². The fourth-order valence-corrected chi connectivity index (χ4v) is 4.78. The van der Waals surface area contributed by atoms with E-state index in [1.807, 2.05) is 53.4 Å². The minimum absolute atomic E-state index is 0.176. The summed E-state index contributed by atoms with van der Waals surface area (Å²) >= 11 is 0. The Bertz CT molecular complexity index is 845. The van der Waals surface area contributed by atoms with Gasteiger partial charge in [0.15, 0.2) is 5.69 Å². The van der Waals surface area contributed by atoms with Crippen molar-refractivity contribution in [1.82, 2.24) is 29.2 Å². The molecule has 0 spiro atoms. The fraction of sp³-hybridized carbons (Fsp3) is 0.400. The van der Waals surface area contributed by atoms with E-state index in [1.54, 1.807) is 12.1 Å². The van der Waals surface area contributed by atoms with Crippen molar-refractivity contribution < 1.29 is 34.8 Å². The molecule has 1 heterocycles. The SMILES string of the molecule is CN(C)[PH+](N(C)C)N(C)COn1cc(C(=O)c2ccccc2)nn1.F[P-](F)(F)(F)(F)F. The van der Waals surface area contributed by atoms with Crippen LogP contribution in [0.3, 0.4) is 0 Å². The molecule has 0 N–H and O–H groups in total. The summed E-state index contributed by atoms with van der Waals surface area (Å²) in [6.45, 7) is 0.340. The van der Waals surface area contributed by atoms with E-state index in [-0.39, 0.29) is 11.5 Å². The Hall–Kier alpha value is -1.85. The first-order chi connectivity index (χ1) is 13.8. The number of ketones is 1. The summed E-state index contributed by atoms with van der Waals surface area (Å²) in [4.78, 5) is 19.1. The van der Waals surface area contributed by atoms with Crippen LogP contribution >= 0.6 is 16.2 Å². The van der Waals surface area contributed by atoms with E-state index in [2.05, 4.69) is 24.3 Å². The van der Waals surface area contributed by atoms with Gasteiger partial charge < -0.3 is 4.84 Å². The van der Waals surface area contributed by atoms with E-state index >= 15 is 0 Å². The average molecular weight is 496 g/mol. The molecule has 0 amide bonds. The van der Waals surface area contributed by atoms with Gasteiger partial charge in [0.2, 0.25) is 20.9 Å². The molecule has 31 heavy (non-hydrogen) atoms. The van der Waals surface area contributed by atoms with Crippen molar-refractivity contribution in [2.24, 2.45) is 0 Å². The van der Waals surface area contributed by atoms with Crippen molar-refractivity contribution >= 4 is 22.0 Å². The molecule has 0 fully saturated rings. The normalized spacial score (nSPS) is 14.3. The van der Waals surface area contributed by atoms with Crippen LogP contribution in [0.4, 0.5) is 25.2 Å². The van der Waals surface area contributed by atoms with Crippen molar-refractivity contribution in [2.45, 2.75) is 0 Å². The number of halogens is 6. The number of carbonyl (C=O) groups is 1. The van der Waals surface area contributed by atoms with Gasteiger partial charge in [-0.1, -0.05) is 35.2 Å². The van der Waals surface area contributed by atoms with Gasteiger partial charge in [-0.2, -0.15) is 9.34 Å². The third-order valence-corrected chi connectivity index (χ3v) is 5.68. The third kappa shape index (κ3) is 11.9. The summed E-state index contributed by atoms with van der Waals surface area (Å²) < 4.78 is 65.6. The van der Waals surface area contributed by atoms with Crippen LogP contribution in [0.15, 0.2) is 36.5 Å². The van der Waals surface area contributed by atoms with Gasteiger partial charge in [0.05, 0.1) is 6.20 Å². The second kappa shape index (κ2) is 9.33. The Balaban J connectivity index is 0.000000592. The summed E-state index contributed by atoms with van der Waals surface area (Å²) in [5.74, 6) is -0.176. The molecule has 0 saturated heterocycles. The summed E-state index contributed by atoms with van der Waals surface area (Å²) in [7, 11) is -1.55. The number of benzene rings is 1. The molecular formula is C15H24F6N6O2P2. The van der Waals surface area contributed by atoms with Crippen LogP contribution in [0, 0.1) is 0 Å². The van der Waals surface area contributed by atoms with Crippen LogP contribution in [-0.2, 0) is 0 Å². The number of hydrogen-bond acceptors (Lipinski definition) is 7. The first-order valence-corrected chi connectivity index (χ1v) is 11.9. The van der Waals surface area contributed by atoms with Crippen LogP contribution in [0.1, 0.15) is 16.1 Å². The van der Waals surface area contributed by atoms with E-state index in [0.717, 1.165) is 0 Å². The van der Waals surface area contributed by atoms with Gasteiger partial charge in [-0.3, -0.25) is 4.79 Å². The molecule has 0 radical (unpaired) electrons. The maximum absolute atomic E-state index is 12.3. The predicted molar refractivity (Wildman–Crippen MR) is 108 cm³/mol. The van der Waals surface area contributed by atoms with Crippen molar-refractivity contribution in [3.63, 3.8) is 0 Å². The molecule has 0 unspecified atom stereocenters. The number of carbonyl (C=O) groups excluding carboxylic acids is 1. The van der Waals surface area contributed by atoms with Gasteiger partial charge in [0, 0.05) is 40.8 Å². The molecule has 8 nitrogen and oxygen atoms in total. The predicted octanol–water partition coefficient (Wildman–Crippen LogP) is 4.29. The Morgan fingerprint density at radius 1 is 1.00 bits per heavy atom. The molecule has 0 aliphatic rings. The molecule has 0 aliphatic heterocycles. The van der Waals surface area contributed by atoms with Crippen LogP contribution < -0.4 is 4.84 Å². The number of hydrogen-bond donors (Lipinski definition) is 0. The summed E-state index contributed by atoms with van der Waals surface area (Å²) in [5, 5.41) is 7.76. The third-order valence-electron chi connectivity index (χ3n) is 3.27.